The van der Waals surface area contributed by atoms with Crippen LogP contribution < -0.4 is 10.1 Å². The molecule has 3 aliphatic rings. The van der Waals surface area contributed by atoms with Crippen molar-refractivity contribution in [3.8, 4) is 17.0 Å². The highest BCUT2D eigenvalue weighted by atomic mass is 35.5. The van der Waals surface area contributed by atoms with E-state index in [1.165, 1.54) is 11.2 Å². The molecule has 0 bridgehead atoms. The van der Waals surface area contributed by atoms with Crippen molar-refractivity contribution in [2.75, 3.05) is 13.1 Å². The van der Waals surface area contributed by atoms with E-state index in [0.717, 1.165) is 5.56 Å². The van der Waals surface area contributed by atoms with Gasteiger partial charge in [0.2, 0.25) is 11.8 Å². The first kappa shape index (κ1) is 31.6. The minimum Gasteiger partial charge on any atom is -0.488 e. The standard InChI is InChI=1S/C26H26ClF2N5O3.C2HF3O2/c1-13-4-15(27)6-17(22(13)37-16-7-26(28,29)11-30-8-16)21-18-5-14(10-34(18)32-12-31-21)9-33-23(35)19-20(24(33)36)25(19,2)3;3-2(4,5)1(6)7/h4-6,10,12,16,19-20,30H,7-9,11H2,1-3H3;(H,6,7)/t16-,19?,20?;/m0./s1. The van der Waals surface area contributed by atoms with Crippen molar-refractivity contribution in [2.45, 2.75) is 51.9 Å². The van der Waals surface area contributed by atoms with Crippen molar-refractivity contribution in [1.82, 2.24) is 24.8 Å². The lowest BCUT2D eigenvalue weighted by molar-refractivity contribution is -0.192. The number of hydrogen-bond donors (Lipinski definition) is 2. The first-order valence-electron chi connectivity index (χ1n) is 13.4. The van der Waals surface area contributed by atoms with E-state index in [4.69, 9.17) is 26.2 Å². The molecule has 4 heterocycles. The van der Waals surface area contributed by atoms with Crippen molar-refractivity contribution in [2.24, 2.45) is 17.3 Å². The molecule has 0 spiro atoms. The van der Waals surface area contributed by atoms with Crippen LogP contribution in [0.3, 0.4) is 0 Å². The molecule has 0 radical (unpaired) electrons. The second-order valence-electron chi connectivity index (χ2n) is 11.7. The maximum atomic E-state index is 14.0. The van der Waals surface area contributed by atoms with E-state index >= 15 is 0 Å². The molecule has 2 N–H and O–H groups in total. The first-order chi connectivity index (χ1) is 20.4. The summed E-state index contributed by atoms with van der Waals surface area (Å²) in [6.45, 7) is 5.76. The number of amides is 2. The molecular formula is C28H27ClF5N5O5. The largest absolute Gasteiger partial charge is 0.490 e. The van der Waals surface area contributed by atoms with E-state index in [-0.39, 0.29) is 42.2 Å². The molecule has 2 saturated heterocycles. The Kier molecular flexibility index (Phi) is 7.85. The Morgan fingerprint density at radius 3 is 2.41 bits per heavy atom. The number of benzene rings is 1. The van der Waals surface area contributed by atoms with Crippen molar-refractivity contribution >= 4 is 34.9 Å². The molecular weight excluding hydrogens is 617 g/mol. The molecule has 16 heteroatoms. The van der Waals surface area contributed by atoms with E-state index in [1.54, 1.807) is 29.8 Å². The van der Waals surface area contributed by atoms with E-state index in [9.17, 15) is 31.5 Å². The molecule has 2 aromatic heterocycles. The fourth-order valence-corrected chi connectivity index (χ4v) is 6.10. The summed E-state index contributed by atoms with van der Waals surface area (Å²) in [5, 5.41) is 14.6. The fourth-order valence-electron chi connectivity index (χ4n) is 5.83. The van der Waals surface area contributed by atoms with Crippen LogP contribution in [0.1, 0.15) is 31.4 Å². The Morgan fingerprint density at radius 2 is 1.82 bits per heavy atom. The van der Waals surface area contributed by atoms with Crippen molar-refractivity contribution in [1.29, 1.82) is 0 Å². The SMILES string of the molecule is Cc1cc(Cl)cc(-c2ncnn3cc(CN4C(=O)C5C(C4=O)C5(C)C)cc23)c1O[C@@H]1CNCC(F)(F)C1.O=C(O)C(F)(F)F. The molecule has 236 valence electrons. The zero-order valence-electron chi connectivity index (χ0n) is 23.6. The molecule has 44 heavy (non-hydrogen) atoms. The summed E-state index contributed by atoms with van der Waals surface area (Å²) in [6.07, 6.45) is -3.08. The summed E-state index contributed by atoms with van der Waals surface area (Å²) in [5.41, 5.74) is 2.80. The number of fused-ring (bicyclic) bond motifs is 2. The van der Waals surface area contributed by atoms with Gasteiger partial charge in [-0.05, 0) is 41.7 Å². The number of alkyl halides is 5. The van der Waals surface area contributed by atoms with Crippen LogP contribution in [-0.4, -0.2) is 73.7 Å². The smallest absolute Gasteiger partial charge is 0.488 e. The highest BCUT2D eigenvalue weighted by molar-refractivity contribution is 6.31. The summed E-state index contributed by atoms with van der Waals surface area (Å²) >= 11 is 6.38. The summed E-state index contributed by atoms with van der Waals surface area (Å²) in [7, 11) is 0. The molecule has 2 amide bonds. The van der Waals surface area contributed by atoms with Gasteiger partial charge in [-0.25, -0.2) is 23.1 Å². The topological polar surface area (TPSA) is 126 Å². The van der Waals surface area contributed by atoms with Gasteiger partial charge in [-0.15, -0.1) is 0 Å². The minimum absolute atomic E-state index is 0.138. The third kappa shape index (κ3) is 5.94. The summed E-state index contributed by atoms with van der Waals surface area (Å²) in [4.78, 5) is 40.3. The predicted molar refractivity (Wildman–Crippen MR) is 145 cm³/mol. The van der Waals surface area contributed by atoms with E-state index in [2.05, 4.69) is 15.4 Å². The molecule has 2 aliphatic heterocycles. The number of rotatable bonds is 5. The number of carboxylic acid groups (broad SMARTS) is 1. The Balaban J connectivity index is 0.000000493. The summed E-state index contributed by atoms with van der Waals surface area (Å²) < 4.78 is 67.5. The van der Waals surface area contributed by atoms with Gasteiger partial charge in [-0.3, -0.25) is 14.5 Å². The summed E-state index contributed by atoms with van der Waals surface area (Å²) in [6, 6.07) is 5.23. The number of nitrogens with zero attached hydrogens (tertiary/aromatic N) is 4. The van der Waals surface area contributed by atoms with E-state index < -0.39 is 30.6 Å². The van der Waals surface area contributed by atoms with Gasteiger partial charge < -0.3 is 15.2 Å². The van der Waals surface area contributed by atoms with Gasteiger partial charge >= 0.3 is 12.1 Å². The molecule has 1 saturated carbocycles. The molecule has 3 atom stereocenters. The van der Waals surface area contributed by atoms with Crippen molar-refractivity contribution in [3.05, 3.63) is 46.9 Å². The average molecular weight is 644 g/mol. The van der Waals surface area contributed by atoms with Gasteiger partial charge in [0.15, 0.2) is 0 Å². The van der Waals surface area contributed by atoms with Gasteiger partial charge in [-0.2, -0.15) is 18.3 Å². The number of aryl methyl sites for hydroxylation is 1. The Bertz CT molecular complexity index is 1640. The van der Waals surface area contributed by atoms with Crippen LogP contribution in [0.15, 0.2) is 30.7 Å². The van der Waals surface area contributed by atoms with E-state index in [1.807, 2.05) is 19.9 Å². The quantitative estimate of drug-likeness (QED) is 0.307. The van der Waals surface area contributed by atoms with Gasteiger partial charge in [0.1, 0.15) is 23.9 Å². The third-order valence-electron chi connectivity index (χ3n) is 8.00. The molecule has 6 rings (SSSR count). The lowest BCUT2D eigenvalue weighted by Gasteiger charge is -2.31. The number of carboxylic acids is 1. The zero-order chi connectivity index (χ0) is 32.4. The van der Waals surface area contributed by atoms with Gasteiger partial charge in [0.25, 0.3) is 5.92 Å². The highest BCUT2D eigenvalue weighted by Gasteiger charge is 2.72. The molecule has 10 nitrogen and oxygen atoms in total. The molecule has 3 aromatic rings. The minimum atomic E-state index is -5.08. The number of ether oxygens (including phenoxy) is 1. The molecule has 1 aromatic carbocycles. The second-order valence-corrected chi connectivity index (χ2v) is 12.1. The van der Waals surface area contributed by atoms with Crippen LogP contribution in [0.2, 0.25) is 5.02 Å². The molecule has 3 fully saturated rings. The lowest BCUT2D eigenvalue weighted by atomic mass is 10.0. The first-order valence-corrected chi connectivity index (χ1v) is 13.8. The van der Waals surface area contributed by atoms with Crippen LogP contribution in [0, 0.1) is 24.2 Å². The number of likely N-dealkylation sites (tertiary alicyclic amines) is 1. The van der Waals surface area contributed by atoms with Crippen LogP contribution >= 0.6 is 11.6 Å². The number of carbonyl (C=O) groups is 3. The Morgan fingerprint density at radius 1 is 1.18 bits per heavy atom. The Labute approximate surface area is 252 Å². The monoisotopic (exact) mass is 643 g/mol. The maximum absolute atomic E-state index is 14.0. The second kappa shape index (κ2) is 10.9. The third-order valence-corrected chi connectivity index (χ3v) is 8.22. The molecule has 1 aliphatic carbocycles. The van der Waals surface area contributed by atoms with Crippen LogP contribution in [0.25, 0.3) is 16.8 Å². The number of hydrogen-bond acceptors (Lipinski definition) is 7. The summed E-state index contributed by atoms with van der Waals surface area (Å²) in [5.74, 6) is -5.97. The maximum Gasteiger partial charge on any atom is 0.490 e. The van der Waals surface area contributed by atoms with Crippen molar-refractivity contribution < 1.29 is 46.2 Å². The molecule has 2 unspecified atom stereocenters. The number of aliphatic carboxylic acids is 1. The number of piperidine rings is 2. The predicted octanol–water partition coefficient (Wildman–Crippen LogP) is 4.51. The Hall–Kier alpha value is -3.85. The highest BCUT2D eigenvalue weighted by Crippen LogP contribution is 2.63. The van der Waals surface area contributed by atoms with Gasteiger partial charge in [-0.1, -0.05) is 25.4 Å². The lowest BCUT2D eigenvalue weighted by Crippen LogP contribution is -2.48. The van der Waals surface area contributed by atoms with E-state index in [0.29, 0.717) is 39.7 Å². The van der Waals surface area contributed by atoms with Crippen LogP contribution in [0.4, 0.5) is 22.0 Å². The normalized spacial score (nSPS) is 23.7. The van der Waals surface area contributed by atoms with Gasteiger partial charge in [0.05, 0.1) is 36.9 Å². The number of imide groups is 1. The van der Waals surface area contributed by atoms with Crippen molar-refractivity contribution in [3.63, 3.8) is 0 Å². The van der Waals surface area contributed by atoms with Gasteiger partial charge in [0, 0.05) is 23.3 Å². The van der Waals surface area contributed by atoms with Crippen LogP contribution in [0.5, 0.6) is 5.75 Å². The fraction of sp³-hybridized carbons (Fsp3) is 0.464. The zero-order valence-corrected chi connectivity index (χ0v) is 24.3. The number of halogens is 6. The number of nitrogens with one attached hydrogen (secondary N) is 1. The average Bonchev–Trinajstić information content (AvgIpc) is 3.14. The number of aromatic nitrogens is 3. The van der Waals surface area contributed by atoms with Crippen LogP contribution in [-0.2, 0) is 20.9 Å². The number of carbonyl (C=O) groups excluding carboxylic acids is 2.